The van der Waals surface area contributed by atoms with Crippen LogP contribution in [-0.2, 0) is 16.4 Å². The topological polar surface area (TPSA) is 74.5 Å². The first-order chi connectivity index (χ1) is 14.8. The standard InChI is InChI=1S/C21H27ClF3N5O2/c1-13(18-27-19(28-32-18)20(2,3)4)30-9-7-29(8-10-30)12-17(31)26-14-5-6-16(22)15(11-14)21(23,24)25/h5-6,11,13H,7-10,12H2,1-4H3,(H,26,31)/t13-/m0/s1. The van der Waals surface area contributed by atoms with Crippen molar-refractivity contribution in [2.24, 2.45) is 0 Å². The number of carbonyl (C=O) groups is 1. The van der Waals surface area contributed by atoms with E-state index in [9.17, 15) is 18.0 Å². The largest absolute Gasteiger partial charge is 0.417 e. The zero-order valence-electron chi connectivity index (χ0n) is 18.5. The van der Waals surface area contributed by atoms with Crippen molar-refractivity contribution in [1.29, 1.82) is 0 Å². The predicted molar refractivity (Wildman–Crippen MR) is 115 cm³/mol. The van der Waals surface area contributed by atoms with Gasteiger partial charge in [0.25, 0.3) is 0 Å². The van der Waals surface area contributed by atoms with E-state index in [0.717, 1.165) is 12.1 Å². The molecule has 176 valence electrons. The van der Waals surface area contributed by atoms with Gasteiger partial charge in [0, 0.05) is 37.3 Å². The van der Waals surface area contributed by atoms with Gasteiger partial charge in [-0.15, -0.1) is 0 Å². The third-order valence-electron chi connectivity index (χ3n) is 5.35. The van der Waals surface area contributed by atoms with Gasteiger partial charge in [-0.05, 0) is 25.1 Å². The summed E-state index contributed by atoms with van der Waals surface area (Å²) in [5.74, 6) is 0.837. The van der Waals surface area contributed by atoms with Crippen LogP contribution in [0.2, 0.25) is 5.02 Å². The second-order valence-electron chi connectivity index (χ2n) is 8.93. The first kappa shape index (κ1) is 24.5. The lowest BCUT2D eigenvalue weighted by molar-refractivity contribution is -0.137. The summed E-state index contributed by atoms with van der Waals surface area (Å²) >= 11 is 5.62. The zero-order chi connectivity index (χ0) is 23.7. The van der Waals surface area contributed by atoms with E-state index in [0.29, 0.717) is 37.9 Å². The zero-order valence-corrected chi connectivity index (χ0v) is 19.2. The van der Waals surface area contributed by atoms with E-state index in [4.69, 9.17) is 16.1 Å². The SMILES string of the molecule is C[C@@H](c1nc(C(C)(C)C)no1)N1CCN(CC(=O)Nc2ccc(Cl)c(C(F)(F)F)c2)CC1. The summed E-state index contributed by atoms with van der Waals surface area (Å²) in [5.41, 5.74) is -1.11. The first-order valence-electron chi connectivity index (χ1n) is 10.3. The number of nitrogens with zero attached hydrogens (tertiary/aromatic N) is 4. The highest BCUT2D eigenvalue weighted by Gasteiger charge is 2.33. The molecule has 0 radical (unpaired) electrons. The molecule has 0 bridgehead atoms. The Kier molecular flexibility index (Phi) is 7.16. The third-order valence-corrected chi connectivity index (χ3v) is 5.68. The van der Waals surface area contributed by atoms with Crippen molar-refractivity contribution >= 4 is 23.2 Å². The van der Waals surface area contributed by atoms with E-state index >= 15 is 0 Å². The molecule has 2 heterocycles. The van der Waals surface area contributed by atoms with Crippen LogP contribution in [0.25, 0.3) is 0 Å². The fourth-order valence-electron chi connectivity index (χ4n) is 3.40. The van der Waals surface area contributed by atoms with Crippen LogP contribution in [0.1, 0.15) is 51.0 Å². The number of alkyl halides is 3. The van der Waals surface area contributed by atoms with Crippen LogP contribution >= 0.6 is 11.6 Å². The molecule has 0 aliphatic carbocycles. The van der Waals surface area contributed by atoms with Crippen molar-refractivity contribution < 1.29 is 22.5 Å². The second kappa shape index (κ2) is 9.36. The molecule has 1 fully saturated rings. The summed E-state index contributed by atoms with van der Waals surface area (Å²) in [6.07, 6.45) is -4.59. The van der Waals surface area contributed by atoms with E-state index in [1.807, 2.05) is 32.6 Å². The predicted octanol–water partition coefficient (Wildman–Crippen LogP) is 4.36. The Bertz CT molecular complexity index is 950. The molecule has 1 aromatic carbocycles. The van der Waals surface area contributed by atoms with Crippen LogP contribution < -0.4 is 5.32 Å². The minimum Gasteiger partial charge on any atom is -0.338 e. The lowest BCUT2D eigenvalue weighted by atomic mass is 9.96. The van der Waals surface area contributed by atoms with Crippen LogP contribution in [0, 0.1) is 0 Å². The number of halogens is 4. The number of hydrogen-bond donors (Lipinski definition) is 1. The maximum atomic E-state index is 13.0. The molecule has 0 saturated carbocycles. The number of piperazine rings is 1. The second-order valence-corrected chi connectivity index (χ2v) is 9.34. The molecular formula is C21H27ClF3N5O2. The monoisotopic (exact) mass is 473 g/mol. The Morgan fingerprint density at radius 1 is 1.22 bits per heavy atom. The highest BCUT2D eigenvalue weighted by Crippen LogP contribution is 2.36. The van der Waals surface area contributed by atoms with Gasteiger partial charge in [-0.1, -0.05) is 37.5 Å². The Labute approximate surface area is 189 Å². The lowest BCUT2D eigenvalue weighted by Crippen LogP contribution is -2.49. The Morgan fingerprint density at radius 3 is 2.44 bits per heavy atom. The maximum Gasteiger partial charge on any atom is 0.417 e. The normalized spacial score (nSPS) is 17.4. The number of aromatic nitrogens is 2. The van der Waals surface area contributed by atoms with Gasteiger partial charge in [0.2, 0.25) is 11.8 Å². The number of anilines is 1. The van der Waals surface area contributed by atoms with Gasteiger partial charge >= 0.3 is 6.18 Å². The fourth-order valence-corrected chi connectivity index (χ4v) is 3.62. The Balaban J connectivity index is 1.52. The molecule has 1 N–H and O–H groups in total. The summed E-state index contributed by atoms with van der Waals surface area (Å²) in [6, 6.07) is 3.27. The van der Waals surface area contributed by atoms with E-state index in [2.05, 4.69) is 20.4 Å². The lowest BCUT2D eigenvalue weighted by Gasteiger charge is -2.36. The van der Waals surface area contributed by atoms with Crippen molar-refractivity contribution in [2.75, 3.05) is 38.0 Å². The average molecular weight is 474 g/mol. The van der Waals surface area contributed by atoms with E-state index in [1.165, 1.54) is 6.07 Å². The first-order valence-corrected chi connectivity index (χ1v) is 10.7. The molecule has 1 aliphatic rings. The van der Waals surface area contributed by atoms with Crippen molar-refractivity contribution in [1.82, 2.24) is 19.9 Å². The minimum absolute atomic E-state index is 0.0515. The van der Waals surface area contributed by atoms with Gasteiger partial charge in [0.15, 0.2) is 5.82 Å². The van der Waals surface area contributed by atoms with Crippen molar-refractivity contribution in [2.45, 2.75) is 45.3 Å². The Hall–Kier alpha value is -2.17. The molecular weight excluding hydrogens is 447 g/mol. The number of nitrogens with one attached hydrogen (secondary N) is 1. The van der Waals surface area contributed by atoms with Gasteiger partial charge in [-0.2, -0.15) is 18.2 Å². The maximum absolute atomic E-state index is 13.0. The van der Waals surface area contributed by atoms with E-state index in [1.54, 1.807) is 0 Å². The molecule has 1 aliphatic heterocycles. The molecule has 11 heteroatoms. The Morgan fingerprint density at radius 2 is 1.88 bits per heavy atom. The molecule has 1 aromatic heterocycles. The molecule has 2 aromatic rings. The highest BCUT2D eigenvalue weighted by molar-refractivity contribution is 6.31. The van der Waals surface area contributed by atoms with Crippen LogP contribution in [0.15, 0.2) is 22.7 Å². The van der Waals surface area contributed by atoms with Crippen molar-refractivity contribution in [3.63, 3.8) is 0 Å². The summed E-state index contributed by atoms with van der Waals surface area (Å²) in [4.78, 5) is 21.0. The molecule has 1 atom stereocenters. The molecule has 32 heavy (non-hydrogen) atoms. The number of amides is 1. The molecule has 0 spiro atoms. The summed E-state index contributed by atoms with van der Waals surface area (Å²) in [7, 11) is 0. The summed E-state index contributed by atoms with van der Waals surface area (Å²) < 4.78 is 44.4. The number of benzene rings is 1. The third kappa shape index (κ3) is 5.99. The number of hydrogen-bond acceptors (Lipinski definition) is 6. The smallest absolute Gasteiger partial charge is 0.338 e. The minimum atomic E-state index is -4.59. The van der Waals surface area contributed by atoms with Crippen molar-refractivity contribution in [3.8, 4) is 0 Å². The highest BCUT2D eigenvalue weighted by atomic mass is 35.5. The van der Waals surface area contributed by atoms with E-state index < -0.39 is 16.8 Å². The number of rotatable bonds is 5. The van der Waals surface area contributed by atoms with Crippen LogP contribution in [0.3, 0.4) is 0 Å². The van der Waals surface area contributed by atoms with Crippen LogP contribution in [0.5, 0.6) is 0 Å². The van der Waals surface area contributed by atoms with Gasteiger partial charge in [0.1, 0.15) is 0 Å². The summed E-state index contributed by atoms with van der Waals surface area (Å²) in [5, 5.41) is 6.18. The van der Waals surface area contributed by atoms with Crippen molar-refractivity contribution in [3.05, 3.63) is 40.5 Å². The van der Waals surface area contributed by atoms with Gasteiger partial charge in [-0.3, -0.25) is 14.6 Å². The quantitative estimate of drug-likeness (QED) is 0.695. The number of carbonyl (C=O) groups excluding carboxylic acids is 1. The van der Waals surface area contributed by atoms with Gasteiger partial charge in [-0.25, -0.2) is 0 Å². The van der Waals surface area contributed by atoms with Gasteiger partial charge < -0.3 is 9.84 Å². The molecule has 1 saturated heterocycles. The average Bonchev–Trinajstić information content (AvgIpc) is 3.19. The van der Waals surface area contributed by atoms with Crippen LogP contribution in [0.4, 0.5) is 18.9 Å². The van der Waals surface area contributed by atoms with E-state index in [-0.39, 0.29) is 29.6 Å². The van der Waals surface area contributed by atoms with Crippen LogP contribution in [-0.4, -0.2) is 58.6 Å². The molecule has 7 nitrogen and oxygen atoms in total. The molecule has 1 amide bonds. The molecule has 0 unspecified atom stereocenters. The summed E-state index contributed by atoms with van der Waals surface area (Å²) in [6.45, 7) is 10.8. The van der Waals surface area contributed by atoms with Gasteiger partial charge in [0.05, 0.1) is 23.2 Å². The fraction of sp³-hybridized carbons (Fsp3) is 0.571. The molecule has 3 rings (SSSR count).